The Labute approximate surface area is 130 Å². The third kappa shape index (κ3) is 2.64. The minimum Gasteiger partial charge on any atom is -0.338 e. The van der Waals surface area contributed by atoms with E-state index in [1.807, 2.05) is 61.5 Å². The van der Waals surface area contributed by atoms with E-state index in [0.717, 1.165) is 16.7 Å². The molecule has 22 heavy (non-hydrogen) atoms. The molecule has 2 aromatic carbocycles. The van der Waals surface area contributed by atoms with Gasteiger partial charge >= 0.3 is 11.9 Å². The lowest BCUT2D eigenvalue weighted by Gasteiger charge is -2.26. The molecule has 2 unspecified atom stereocenters. The molecular formula is C19H16N2O. The Morgan fingerprint density at radius 1 is 1.05 bits per heavy atom. The van der Waals surface area contributed by atoms with Gasteiger partial charge in [-0.25, -0.2) is 6.57 Å². The summed E-state index contributed by atoms with van der Waals surface area (Å²) in [4.78, 5) is 15.5. The van der Waals surface area contributed by atoms with Crippen molar-refractivity contribution in [1.29, 1.82) is 0 Å². The molecule has 0 bridgehead atoms. The Balaban J connectivity index is 2.09. The number of aryl methyl sites for hydroxylation is 1. The number of carbonyl (C=O) groups excluding carboxylic acids is 1. The lowest BCUT2D eigenvalue weighted by atomic mass is 9.88. The van der Waals surface area contributed by atoms with E-state index in [4.69, 9.17) is 6.57 Å². The molecule has 0 fully saturated rings. The first kappa shape index (κ1) is 14.1. The average molecular weight is 288 g/mol. The zero-order chi connectivity index (χ0) is 15.5. The van der Waals surface area contributed by atoms with E-state index < -0.39 is 6.04 Å². The van der Waals surface area contributed by atoms with Gasteiger partial charge < -0.3 is 5.32 Å². The van der Waals surface area contributed by atoms with Crippen LogP contribution in [0.3, 0.4) is 0 Å². The highest BCUT2D eigenvalue weighted by Gasteiger charge is 2.33. The third-order valence-electron chi connectivity index (χ3n) is 3.86. The smallest absolute Gasteiger partial charge is 0.319 e. The molecule has 0 aliphatic carbocycles. The van der Waals surface area contributed by atoms with Crippen LogP contribution >= 0.6 is 0 Å². The van der Waals surface area contributed by atoms with Gasteiger partial charge in [-0.3, -0.25) is 9.64 Å². The number of carbonyl (C=O) groups is 1. The monoisotopic (exact) mass is 288 g/mol. The Hall–Kier alpha value is -2.86. The summed E-state index contributed by atoms with van der Waals surface area (Å²) in [6.45, 7) is 9.23. The van der Waals surface area contributed by atoms with Crippen LogP contribution in [0.2, 0.25) is 0 Å². The van der Waals surface area contributed by atoms with Gasteiger partial charge in [-0.2, -0.15) is 0 Å². The molecule has 1 heterocycles. The first-order chi connectivity index (χ1) is 10.7. The number of amides is 1. The highest BCUT2D eigenvalue weighted by Crippen LogP contribution is 2.33. The summed E-state index contributed by atoms with van der Waals surface area (Å²) >= 11 is 0. The zero-order valence-corrected chi connectivity index (χ0v) is 12.3. The maximum atomic E-state index is 12.1. The van der Waals surface area contributed by atoms with Crippen LogP contribution in [0.15, 0.2) is 60.7 Å². The maximum Gasteiger partial charge on any atom is 0.319 e. The van der Waals surface area contributed by atoms with Crippen molar-refractivity contribution in [3.8, 4) is 0 Å². The molecule has 0 saturated heterocycles. The van der Waals surface area contributed by atoms with Gasteiger partial charge in [0.1, 0.15) is 0 Å². The van der Waals surface area contributed by atoms with Crippen LogP contribution in [0, 0.1) is 13.5 Å². The maximum absolute atomic E-state index is 12.1. The fourth-order valence-corrected chi connectivity index (χ4v) is 2.66. The second-order valence-electron chi connectivity index (χ2n) is 5.41. The number of rotatable bonds is 2. The highest BCUT2D eigenvalue weighted by molar-refractivity contribution is 5.93. The largest absolute Gasteiger partial charge is 0.338 e. The van der Waals surface area contributed by atoms with Crippen LogP contribution in [0.5, 0.6) is 0 Å². The molecule has 3 heteroatoms. The van der Waals surface area contributed by atoms with E-state index in [9.17, 15) is 4.79 Å². The van der Waals surface area contributed by atoms with Gasteiger partial charge in [-0.05, 0) is 23.6 Å². The SMILES string of the molecule is [C-]#[N+]C1C=C(c2ccccc2)C(c2ccc(C)cc2)NC1=O. The van der Waals surface area contributed by atoms with Crippen LogP contribution in [-0.2, 0) is 4.79 Å². The Kier molecular flexibility index (Phi) is 3.76. The molecule has 1 aliphatic rings. The minimum atomic E-state index is -0.753. The first-order valence-electron chi connectivity index (χ1n) is 7.19. The Bertz CT molecular complexity index is 754. The quantitative estimate of drug-likeness (QED) is 0.843. The van der Waals surface area contributed by atoms with Crippen molar-refractivity contribution >= 4 is 11.5 Å². The van der Waals surface area contributed by atoms with Crippen LogP contribution in [-0.4, -0.2) is 11.9 Å². The summed E-state index contributed by atoms with van der Waals surface area (Å²) in [5.41, 5.74) is 4.21. The number of hydrogen-bond acceptors (Lipinski definition) is 1. The topological polar surface area (TPSA) is 33.5 Å². The van der Waals surface area contributed by atoms with Crippen molar-refractivity contribution < 1.29 is 4.79 Å². The molecule has 0 spiro atoms. The van der Waals surface area contributed by atoms with Crippen LogP contribution in [0.4, 0.5) is 0 Å². The predicted octanol–water partition coefficient (Wildman–Crippen LogP) is 3.54. The molecule has 2 aromatic rings. The Morgan fingerprint density at radius 2 is 1.73 bits per heavy atom. The van der Waals surface area contributed by atoms with Gasteiger partial charge in [-0.15, -0.1) is 0 Å². The van der Waals surface area contributed by atoms with Gasteiger partial charge in [0.2, 0.25) is 0 Å². The minimum absolute atomic E-state index is 0.214. The normalized spacial score (nSPS) is 20.7. The van der Waals surface area contributed by atoms with Crippen molar-refractivity contribution in [2.24, 2.45) is 0 Å². The second-order valence-corrected chi connectivity index (χ2v) is 5.41. The molecule has 108 valence electrons. The van der Waals surface area contributed by atoms with Gasteiger partial charge in [0.15, 0.2) is 0 Å². The fourth-order valence-electron chi connectivity index (χ4n) is 2.66. The van der Waals surface area contributed by atoms with Crippen LogP contribution < -0.4 is 5.32 Å². The number of nitrogens with one attached hydrogen (secondary N) is 1. The lowest BCUT2D eigenvalue weighted by Crippen LogP contribution is -2.39. The van der Waals surface area contributed by atoms with Gasteiger partial charge in [0.05, 0.1) is 6.04 Å². The lowest BCUT2D eigenvalue weighted by molar-refractivity contribution is -0.121. The molecule has 1 aliphatic heterocycles. The summed E-state index contributed by atoms with van der Waals surface area (Å²) in [5.74, 6) is -0.236. The predicted molar refractivity (Wildman–Crippen MR) is 86.9 cm³/mol. The molecule has 0 radical (unpaired) electrons. The number of hydrogen-bond donors (Lipinski definition) is 1. The highest BCUT2D eigenvalue weighted by atomic mass is 16.2. The van der Waals surface area contributed by atoms with E-state index in [2.05, 4.69) is 10.2 Å². The summed E-state index contributed by atoms with van der Waals surface area (Å²) in [5, 5.41) is 2.98. The standard InChI is InChI=1S/C19H16N2O/c1-13-8-10-15(11-9-13)18-16(14-6-4-3-5-7-14)12-17(20-2)19(22)21-18/h3-12,17-18H,1H3,(H,21,22). The third-order valence-corrected chi connectivity index (χ3v) is 3.86. The number of benzene rings is 2. The van der Waals surface area contributed by atoms with Crippen LogP contribution in [0.25, 0.3) is 10.4 Å². The van der Waals surface area contributed by atoms with E-state index >= 15 is 0 Å². The average Bonchev–Trinajstić information content (AvgIpc) is 2.56. The van der Waals surface area contributed by atoms with E-state index in [-0.39, 0.29) is 11.9 Å². The van der Waals surface area contributed by atoms with E-state index in [0.29, 0.717) is 0 Å². The summed E-state index contributed by atoms with van der Waals surface area (Å²) in [6.07, 6.45) is 1.78. The molecular weight excluding hydrogens is 272 g/mol. The van der Waals surface area contributed by atoms with E-state index in [1.54, 1.807) is 6.08 Å². The summed E-state index contributed by atoms with van der Waals surface area (Å²) < 4.78 is 0. The summed E-state index contributed by atoms with van der Waals surface area (Å²) in [6, 6.07) is 17.0. The Morgan fingerprint density at radius 3 is 2.36 bits per heavy atom. The van der Waals surface area contributed by atoms with E-state index in [1.165, 1.54) is 5.56 Å². The number of nitrogens with zero attached hydrogens (tertiary/aromatic N) is 1. The second kappa shape index (κ2) is 5.87. The van der Waals surface area contributed by atoms with Crippen molar-refractivity contribution in [2.75, 3.05) is 0 Å². The molecule has 2 atom stereocenters. The van der Waals surface area contributed by atoms with Crippen molar-refractivity contribution in [1.82, 2.24) is 5.32 Å². The van der Waals surface area contributed by atoms with Gasteiger partial charge in [0.25, 0.3) is 0 Å². The molecule has 0 aromatic heterocycles. The van der Waals surface area contributed by atoms with Gasteiger partial charge in [-0.1, -0.05) is 60.2 Å². The molecule has 3 nitrogen and oxygen atoms in total. The van der Waals surface area contributed by atoms with Crippen molar-refractivity contribution in [3.05, 3.63) is 88.8 Å². The zero-order valence-electron chi connectivity index (χ0n) is 12.3. The molecule has 1 amide bonds. The molecule has 3 rings (SSSR count). The molecule has 1 N–H and O–H groups in total. The van der Waals surface area contributed by atoms with Crippen molar-refractivity contribution in [3.63, 3.8) is 0 Å². The molecule has 0 saturated carbocycles. The summed E-state index contributed by atoms with van der Waals surface area (Å²) in [7, 11) is 0. The first-order valence-corrected chi connectivity index (χ1v) is 7.19. The fraction of sp³-hybridized carbons (Fsp3) is 0.158. The van der Waals surface area contributed by atoms with Crippen LogP contribution in [0.1, 0.15) is 22.7 Å². The van der Waals surface area contributed by atoms with Crippen molar-refractivity contribution in [2.45, 2.75) is 19.0 Å². The van der Waals surface area contributed by atoms with Gasteiger partial charge in [0, 0.05) is 6.08 Å².